The molecule has 1 amide bonds. The highest BCUT2D eigenvalue weighted by atomic mass is 16.5. The van der Waals surface area contributed by atoms with Gasteiger partial charge in [-0.1, -0.05) is 24.3 Å². The molecule has 0 saturated carbocycles. The number of rotatable bonds is 1. The molecule has 0 bridgehead atoms. The van der Waals surface area contributed by atoms with Gasteiger partial charge < -0.3 is 9.64 Å². The van der Waals surface area contributed by atoms with E-state index in [2.05, 4.69) is 22.1 Å². The fraction of sp³-hybridized carbons (Fsp3) is 0.333. The van der Waals surface area contributed by atoms with Crippen molar-refractivity contribution in [1.29, 1.82) is 0 Å². The Morgan fingerprint density at radius 2 is 1.97 bits per heavy atom. The number of carbonyl (C=O) groups excluding carboxylic acids is 1. The summed E-state index contributed by atoms with van der Waals surface area (Å²) in [5.74, 6) is -0.172. The zero-order chi connectivity index (χ0) is 20.2. The van der Waals surface area contributed by atoms with E-state index < -0.39 is 11.2 Å². The number of aromatic amines is 1. The van der Waals surface area contributed by atoms with Gasteiger partial charge in [-0.25, -0.2) is 9.78 Å². The number of nitrogens with zero attached hydrogens (tertiary/aromatic N) is 3. The third kappa shape index (κ3) is 2.71. The van der Waals surface area contributed by atoms with Crippen LogP contribution < -0.4 is 11.2 Å². The quantitative estimate of drug-likeness (QED) is 0.673. The summed E-state index contributed by atoms with van der Waals surface area (Å²) in [5.41, 5.74) is 1.65. The Bertz CT molecular complexity index is 1250. The Hall–Kier alpha value is -3.26. The van der Waals surface area contributed by atoms with Gasteiger partial charge in [0, 0.05) is 26.3 Å². The molecule has 29 heavy (non-hydrogen) atoms. The lowest BCUT2D eigenvalue weighted by molar-refractivity contribution is -0.0741. The number of aromatic nitrogens is 3. The average molecular weight is 392 g/mol. The van der Waals surface area contributed by atoms with Crippen molar-refractivity contribution in [2.75, 3.05) is 13.1 Å². The zero-order valence-electron chi connectivity index (χ0n) is 16.0. The van der Waals surface area contributed by atoms with Crippen LogP contribution in [-0.2, 0) is 24.0 Å². The SMILES string of the molecule is Cn1c(=O)[nH]c(=O)c2cc(C(=O)N3CCC4(CC3)OCc3ccccc34)cnc21. The van der Waals surface area contributed by atoms with Crippen LogP contribution in [0.4, 0.5) is 0 Å². The third-order valence-corrected chi connectivity index (χ3v) is 6.07. The molecule has 3 aromatic rings. The smallest absolute Gasteiger partial charge is 0.329 e. The second-order valence-electron chi connectivity index (χ2n) is 7.65. The standard InChI is InChI=1S/C21H20N4O4/c1-24-17-15(18(26)23-20(24)28)10-14(11-22-17)19(27)25-8-6-21(7-9-25)16-5-3-2-4-13(16)12-29-21/h2-5,10-11H,6-9,12H2,1H3,(H,23,26,28). The van der Waals surface area contributed by atoms with E-state index in [1.54, 1.807) is 4.90 Å². The molecule has 1 N–H and O–H groups in total. The summed E-state index contributed by atoms with van der Waals surface area (Å²) in [5, 5.41) is 0.222. The number of likely N-dealkylation sites (tertiary alicyclic amines) is 1. The molecule has 1 fully saturated rings. The number of carbonyl (C=O) groups is 1. The van der Waals surface area contributed by atoms with Crippen molar-refractivity contribution in [2.24, 2.45) is 7.05 Å². The normalized spacial score (nSPS) is 17.6. The van der Waals surface area contributed by atoms with Gasteiger partial charge in [0.15, 0.2) is 0 Å². The summed E-state index contributed by atoms with van der Waals surface area (Å²) in [4.78, 5) is 45.1. The van der Waals surface area contributed by atoms with E-state index in [-0.39, 0.29) is 22.5 Å². The van der Waals surface area contributed by atoms with Crippen LogP contribution in [0, 0.1) is 0 Å². The number of pyridine rings is 1. The minimum Gasteiger partial charge on any atom is -0.365 e. The molecule has 0 radical (unpaired) electrons. The molecular weight excluding hydrogens is 372 g/mol. The molecule has 1 aromatic carbocycles. The van der Waals surface area contributed by atoms with Crippen LogP contribution in [0.2, 0.25) is 0 Å². The molecule has 4 heterocycles. The maximum absolute atomic E-state index is 13.0. The molecule has 0 aliphatic carbocycles. The van der Waals surface area contributed by atoms with E-state index in [4.69, 9.17) is 4.74 Å². The number of hydrogen-bond acceptors (Lipinski definition) is 5. The first-order chi connectivity index (χ1) is 14.0. The fourth-order valence-electron chi connectivity index (χ4n) is 4.40. The molecule has 2 aliphatic heterocycles. The minimum absolute atomic E-state index is 0.172. The van der Waals surface area contributed by atoms with Crippen molar-refractivity contribution < 1.29 is 9.53 Å². The van der Waals surface area contributed by atoms with Gasteiger partial charge in [-0.15, -0.1) is 0 Å². The number of nitrogens with one attached hydrogen (secondary N) is 1. The lowest BCUT2D eigenvalue weighted by Gasteiger charge is -2.39. The summed E-state index contributed by atoms with van der Waals surface area (Å²) in [6, 6.07) is 9.76. The maximum Gasteiger partial charge on any atom is 0.329 e. The Labute approximate surface area is 165 Å². The van der Waals surface area contributed by atoms with Crippen molar-refractivity contribution in [2.45, 2.75) is 25.0 Å². The predicted molar refractivity (Wildman–Crippen MR) is 106 cm³/mol. The van der Waals surface area contributed by atoms with Crippen LogP contribution in [0.1, 0.15) is 34.3 Å². The van der Waals surface area contributed by atoms with Gasteiger partial charge in [0.1, 0.15) is 5.65 Å². The second-order valence-corrected chi connectivity index (χ2v) is 7.65. The molecule has 1 spiro atoms. The van der Waals surface area contributed by atoms with Crippen LogP contribution in [0.25, 0.3) is 11.0 Å². The van der Waals surface area contributed by atoms with Crippen LogP contribution in [0.3, 0.4) is 0 Å². The molecule has 8 heteroatoms. The Morgan fingerprint density at radius 3 is 2.76 bits per heavy atom. The maximum atomic E-state index is 13.0. The first-order valence-electron chi connectivity index (χ1n) is 9.59. The van der Waals surface area contributed by atoms with Crippen molar-refractivity contribution in [1.82, 2.24) is 19.4 Å². The monoisotopic (exact) mass is 392 g/mol. The number of aryl methyl sites for hydroxylation is 1. The molecule has 2 aliphatic rings. The third-order valence-electron chi connectivity index (χ3n) is 6.07. The second kappa shape index (κ2) is 6.38. The number of hydrogen-bond donors (Lipinski definition) is 1. The van der Waals surface area contributed by atoms with Crippen molar-refractivity contribution in [3.8, 4) is 0 Å². The van der Waals surface area contributed by atoms with Crippen molar-refractivity contribution in [3.63, 3.8) is 0 Å². The number of benzene rings is 1. The molecule has 148 valence electrons. The van der Waals surface area contributed by atoms with Gasteiger partial charge in [-0.05, 0) is 30.0 Å². The van der Waals surface area contributed by atoms with Gasteiger partial charge >= 0.3 is 5.69 Å². The summed E-state index contributed by atoms with van der Waals surface area (Å²) < 4.78 is 7.41. The number of H-pyrrole nitrogens is 1. The van der Waals surface area contributed by atoms with E-state index in [0.29, 0.717) is 25.3 Å². The van der Waals surface area contributed by atoms with E-state index in [9.17, 15) is 14.4 Å². The summed E-state index contributed by atoms with van der Waals surface area (Å²) in [6.45, 7) is 1.74. The van der Waals surface area contributed by atoms with Crippen LogP contribution in [-0.4, -0.2) is 38.4 Å². The minimum atomic E-state index is -0.543. The van der Waals surface area contributed by atoms with Gasteiger partial charge in [-0.3, -0.25) is 19.1 Å². The highest BCUT2D eigenvalue weighted by Gasteiger charge is 2.43. The van der Waals surface area contributed by atoms with Crippen molar-refractivity contribution >= 4 is 16.9 Å². The summed E-state index contributed by atoms with van der Waals surface area (Å²) >= 11 is 0. The topological polar surface area (TPSA) is 97.3 Å². The molecule has 0 atom stereocenters. The molecule has 5 rings (SSSR count). The van der Waals surface area contributed by atoms with Crippen LogP contribution in [0.5, 0.6) is 0 Å². The lowest BCUT2D eigenvalue weighted by Crippen LogP contribution is -2.45. The Balaban J connectivity index is 1.40. The summed E-state index contributed by atoms with van der Waals surface area (Å²) in [7, 11) is 1.53. The highest BCUT2D eigenvalue weighted by molar-refractivity contribution is 5.96. The number of piperidine rings is 1. The Morgan fingerprint density at radius 1 is 1.21 bits per heavy atom. The number of ether oxygens (including phenoxy) is 1. The average Bonchev–Trinajstić information content (AvgIpc) is 3.10. The van der Waals surface area contributed by atoms with E-state index in [1.807, 2.05) is 12.1 Å². The van der Waals surface area contributed by atoms with E-state index >= 15 is 0 Å². The van der Waals surface area contributed by atoms with Crippen LogP contribution in [0.15, 0.2) is 46.1 Å². The molecule has 0 unspecified atom stereocenters. The number of fused-ring (bicyclic) bond motifs is 3. The molecule has 2 aromatic heterocycles. The first-order valence-corrected chi connectivity index (χ1v) is 9.59. The molecule has 8 nitrogen and oxygen atoms in total. The van der Waals surface area contributed by atoms with E-state index in [1.165, 1.54) is 35.0 Å². The molecule has 1 saturated heterocycles. The van der Waals surface area contributed by atoms with Gasteiger partial charge in [0.2, 0.25) is 0 Å². The van der Waals surface area contributed by atoms with Gasteiger partial charge in [-0.2, -0.15) is 0 Å². The number of amides is 1. The molecular formula is C21H20N4O4. The van der Waals surface area contributed by atoms with Crippen LogP contribution >= 0.6 is 0 Å². The fourth-order valence-corrected chi connectivity index (χ4v) is 4.40. The largest absolute Gasteiger partial charge is 0.365 e. The predicted octanol–water partition coefficient (Wildman–Crippen LogP) is 1.28. The zero-order valence-corrected chi connectivity index (χ0v) is 16.0. The highest BCUT2D eigenvalue weighted by Crippen LogP contribution is 2.44. The lowest BCUT2D eigenvalue weighted by atomic mass is 9.83. The van der Waals surface area contributed by atoms with Gasteiger partial charge in [0.05, 0.1) is 23.2 Å². The first kappa shape index (κ1) is 17.8. The van der Waals surface area contributed by atoms with E-state index in [0.717, 1.165) is 12.8 Å². The Kier molecular flexibility index (Phi) is 3.92. The van der Waals surface area contributed by atoms with Crippen molar-refractivity contribution in [3.05, 3.63) is 74.1 Å². The summed E-state index contributed by atoms with van der Waals surface area (Å²) in [6.07, 6.45) is 2.88. The van der Waals surface area contributed by atoms with Gasteiger partial charge in [0.25, 0.3) is 11.5 Å².